The van der Waals surface area contributed by atoms with E-state index < -0.39 is 0 Å². The standard InChI is InChI=1S/C18H17FN4OS/c19-12-7-5-11(6-8-12)16-10-20-18(25-16)21-17(24)9-15-13-3-1-2-4-14(13)22-23-15/h5-8,10H,1-4,9H2,(H,22,23)(H,20,21,24). The van der Waals surface area contributed by atoms with Crippen LogP contribution in [-0.4, -0.2) is 21.1 Å². The van der Waals surface area contributed by atoms with Crippen molar-refractivity contribution < 1.29 is 9.18 Å². The lowest BCUT2D eigenvalue weighted by molar-refractivity contribution is -0.115. The number of aromatic nitrogens is 3. The van der Waals surface area contributed by atoms with E-state index in [-0.39, 0.29) is 18.1 Å². The molecule has 3 aromatic rings. The Morgan fingerprint density at radius 2 is 2.04 bits per heavy atom. The number of amides is 1. The number of hydrogen-bond acceptors (Lipinski definition) is 4. The monoisotopic (exact) mass is 356 g/mol. The molecule has 0 atom stereocenters. The van der Waals surface area contributed by atoms with Crippen LogP contribution in [0.15, 0.2) is 30.5 Å². The first-order valence-electron chi connectivity index (χ1n) is 8.25. The van der Waals surface area contributed by atoms with Gasteiger partial charge in [-0.05, 0) is 48.9 Å². The molecule has 7 heteroatoms. The van der Waals surface area contributed by atoms with Crippen LogP contribution < -0.4 is 5.32 Å². The molecule has 2 N–H and O–H groups in total. The van der Waals surface area contributed by atoms with Crippen LogP contribution in [0.4, 0.5) is 9.52 Å². The molecule has 1 aliphatic carbocycles. The predicted molar refractivity (Wildman–Crippen MR) is 95.1 cm³/mol. The van der Waals surface area contributed by atoms with Crippen molar-refractivity contribution in [2.75, 3.05) is 5.32 Å². The Bertz CT molecular complexity index is 900. The van der Waals surface area contributed by atoms with Crippen LogP contribution in [0, 0.1) is 5.82 Å². The summed E-state index contributed by atoms with van der Waals surface area (Å²) < 4.78 is 13.0. The highest BCUT2D eigenvalue weighted by molar-refractivity contribution is 7.19. The van der Waals surface area contributed by atoms with Crippen molar-refractivity contribution >= 4 is 22.4 Å². The second-order valence-electron chi connectivity index (χ2n) is 6.10. The van der Waals surface area contributed by atoms with E-state index in [2.05, 4.69) is 20.5 Å². The first-order valence-corrected chi connectivity index (χ1v) is 9.07. The normalized spacial score (nSPS) is 13.5. The van der Waals surface area contributed by atoms with Gasteiger partial charge in [-0.25, -0.2) is 9.37 Å². The van der Waals surface area contributed by atoms with E-state index in [0.717, 1.165) is 35.4 Å². The topological polar surface area (TPSA) is 70.7 Å². The van der Waals surface area contributed by atoms with Crippen molar-refractivity contribution in [3.8, 4) is 10.4 Å². The van der Waals surface area contributed by atoms with Crippen molar-refractivity contribution in [1.82, 2.24) is 15.2 Å². The summed E-state index contributed by atoms with van der Waals surface area (Å²) in [5.74, 6) is -0.399. The molecule has 4 rings (SSSR count). The number of anilines is 1. The fourth-order valence-electron chi connectivity index (χ4n) is 3.09. The molecule has 0 saturated carbocycles. The van der Waals surface area contributed by atoms with Gasteiger partial charge in [0.15, 0.2) is 5.13 Å². The Balaban J connectivity index is 1.43. The average Bonchev–Trinajstić information content (AvgIpc) is 3.23. The predicted octanol–water partition coefficient (Wildman–Crippen LogP) is 3.73. The van der Waals surface area contributed by atoms with E-state index in [1.165, 1.54) is 41.1 Å². The van der Waals surface area contributed by atoms with Crippen LogP contribution in [0.2, 0.25) is 0 Å². The molecule has 0 saturated heterocycles. The Morgan fingerprint density at radius 3 is 2.88 bits per heavy atom. The third-order valence-electron chi connectivity index (χ3n) is 4.35. The van der Waals surface area contributed by atoms with Crippen molar-refractivity contribution in [1.29, 1.82) is 0 Å². The largest absolute Gasteiger partial charge is 0.302 e. The van der Waals surface area contributed by atoms with Crippen LogP contribution in [0.5, 0.6) is 0 Å². The summed E-state index contributed by atoms with van der Waals surface area (Å²) in [6.45, 7) is 0. The van der Waals surface area contributed by atoms with Crippen LogP contribution >= 0.6 is 11.3 Å². The number of fused-ring (bicyclic) bond motifs is 1. The van der Waals surface area contributed by atoms with Crippen LogP contribution in [0.25, 0.3) is 10.4 Å². The minimum Gasteiger partial charge on any atom is -0.302 e. The number of thiazole rings is 1. The molecule has 128 valence electrons. The van der Waals surface area contributed by atoms with E-state index in [9.17, 15) is 9.18 Å². The van der Waals surface area contributed by atoms with Gasteiger partial charge in [-0.3, -0.25) is 9.89 Å². The Labute approximate surface area is 148 Å². The maximum Gasteiger partial charge on any atom is 0.232 e. The fourth-order valence-corrected chi connectivity index (χ4v) is 3.93. The second kappa shape index (κ2) is 6.76. The van der Waals surface area contributed by atoms with Gasteiger partial charge in [0.1, 0.15) is 5.82 Å². The number of aromatic amines is 1. The summed E-state index contributed by atoms with van der Waals surface area (Å²) in [5, 5.41) is 10.7. The zero-order valence-electron chi connectivity index (χ0n) is 13.5. The Hall–Kier alpha value is -2.54. The molecule has 0 bridgehead atoms. The lowest BCUT2D eigenvalue weighted by atomic mass is 9.95. The Morgan fingerprint density at radius 1 is 1.24 bits per heavy atom. The molecule has 25 heavy (non-hydrogen) atoms. The maximum absolute atomic E-state index is 13.0. The third kappa shape index (κ3) is 3.46. The summed E-state index contributed by atoms with van der Waals surface area (Å²) in [7, 11) is 0. The quantitative estimate of drug-likeness (QED) is 0.748. The molecule has 0 unspecified atom stereocenters. The van der Waals surface area contributed by atoms with E-state index in [0.29, 0.717) is 5.13 Å². The zero-order valence-corrected chi connectivity index (χ0v) is 14.3. The van der Waals surface area contributed by atoms with Gasteiger partial charge >= 0.3 is 0 Å². The van der Waals surface area contributed by atoms with Gasteiger partial charge in [0, 0.05) is 11.9 Å². The van der Waals surface area contributed by atoms with Crippen molar-refractivity contribution in [2.45, 2.75) is 32.1 Å². The number of carbonyl (C=O) groups is 1. The summed E-state index contributed by atoms with van der Waals surface area (Å²) in [6.07, 6.45) is 6.25. The van der Waals surface area contributed by atoms with Crippen molar-refractivity contribution in [2.24, 2.45) is 0 Å². The molecule has 0 aliphatic heterocycles. The van der Waals surface area contributed by atoms with Crippen LogP contribution in [0.1, 0.15) is 29.8 Å². The lowest BCUT2D eigenvalue weighted by Gasteiger charge is -2.10. The molecular weight excluding hydrogens is 339 g/mol. The maximum atomic E-state index is 13.0. The number of halogens is 1. The highest BCUT2D eigenvalue weighted by Gasteiger charge is 2.19. The van der Waals surface area contributed by atoms with E-state index in [1.54, 1.807) is 18.3 Å². The number of nitrogens with one attached hydrogen (secondary N) is 2. The molecule has 5 nitrogen and oxygen atoms in total. The van der Waals surface area contributed by atoms with Gasteiger partial charge in [0.25, 0.3) is 0 Å². The number of carbonyl (C=O) groups excluding carboxylic acids is 1. The highest BCUT2D eigenvalue weighted by atomic mass is 32.1. The minimum atomic E-state index is -0.274. The van der Waals surface area contributed by atoms with Gasteiger partial charge in [-0.2, -0.15) is 5.10 Å². The van der Waals surface area contributed by atoms with Crippen molar-refractivity contribution in [3.05, 3.63) is 53.2 Å². The van der Waals surface area contributed by atoms with Crippen LogP contribution in [0.3, 0.4) is 0 Å². The SMILES string of the molecule is O=C(Cc1n[nH]c2c1CCCC2)Nc1ncc(-c2ccc(F)cc2)s1. The molecule has 1 aromatic carbocycles. The summed E-state index contributed by atoms with van der Waals surface area (Å²) >= 11 is 1.37. The average molecular weight is 356 g/mol. The number of nitrogens with zero attached hydrogens (tertiary/aromatic N) is 2. The van der Waals surface area contributed by atoms with Crippen molar-refractivity contribution in [3.63, 3.8) is 0 Å². The molecule has 2 aromatic heterocycles. The first-order chi connectivity index (χ1) is 12.2. The number of hydrogen-bond donors (Lipinski definition) is 2. The van der Waals surface area contributed by atoms with E-state index in [4.69, 9.17) is 0 Å². The third-order valence-corrected chi connectivity index (χ3v) is 5.31. The van der Waals surface area contributed by atoms with Gasteiger partial charge in [-0.15, -0.1) is 0 Å². The first kappa shape index (κ1) is 16.0. The molecule has 1 amide bonds. The lowest BCUT2D eigenvalue weighted by Crippen LogP contribution is -2.15. The van der Waals surface area contributed by atoms with Gasteiger partial charge in [0.05, 0.1) is 17.0 Å². The molecular formula is C18H17FN4OS. The van der Waals surface area contributed by atoms with Gasteiger partial charge in [-0.1, -0.05) is 23.5 Å². The number of rotatable bonds is 4. The number of H-pyrrole nitrogens is 1. The van der Waals surface area contributed by atoms with E-state index >= 15 is 0 Å². The van der Waals surface area contributed by atoms with Gasteiger partial charge < -0.3 is 5.32 Å². The summed E-state index contributed by atoms with van der Waals surface area (Å²) in [5.41, 5.74) is 4.08. The summed E-state index contributed by atoms with van der Waals surface area (Å²) in [4.78, 5) is 17.4. The van der Waals surface area contributed by atoms with Gasteiger partial charge in [0.2, 0.25) is 5.91 Å². The molecule has 0 radical (unpaired) electrons. The molecule has 0 spiro atoms. The highest BCUT2D eigenvalue weighted by Crippen LogP contribution is 2.29. The smallest absolute Gasteiger partial charge is 0.232 e. The van der Waals surface area contributed by atoms with E-state index in [1.807, 2.05) is 0 Å². The minimum absolute atomic E-state index is 0.125. The Kier molecular flexibility index (Phi) is 4.31. The second-order valence-corrected chi connectivity index (χ2v) is 7.13. The fraction of sp³-hybridized carbons (Fsp3) is 0.278. The van der Waals surface area contributed by atoms with Crippen LogP contribution in [-0.2, 0) is 24.1 Å². The number of aryl methyl sites for hydroxylation is 1. The zero-order chi connectivity index (χ0) is 17.2. The molecule has 2 heterocycles. The number of benzene rings is 1. The molecule has 1 aliphatic rings. The molecule has 0 fully saturated rings. The summed E-state index contributed by atoms with van der Waals surface area (Å²) in [6, 6.07) is 6.22.